The Hall–Kier alpha value is -2.77. The Bertz CT molecular complexity index is 1330. The largest absolute Gasteiger partial charge is 0.495 e. The number of alkyl halides is 3. The van der Waals surface area contributed by atoms with Crippen LogP contribution < -0.4 is 14.8 Å². The number of anilines is 2. The smallest absolute Gasteiger partial charge is 0.419 e. The van der Waals surface area contributed by atoms with Gasteiger partial charge in [-0.05, 0) is 82.3 Å². The van der Waals surface area contributed by atoms with E-state index in [1.54, 1.807) is 18.2 Å². The van der Waals surface area contributed by atoms with Gasteiger partial charge in [0.15, 0.2) is 5.78 Å². The number of nitrogens with one attached hydrogen (secondary N) is 2. The van der Waals surface area contributed by atoms with Crippen LogP contribution in [-0.2, 0) is 22.6 Å². The van der Waals surface area contributed by atoms with Gasteiger partial charge in [-0.15, -0.1) is 0 Å². The Kier molecular flexibility index (Phi) is 9.91. The van der Waals surface area contributed by atoms with Crippen molar-refractivity contribution in [3.05, 3.63) is 41.2 Å². The number of rotatable bonds is 10. The lowest BCUT2D eigenvalue weighted by Crippen LogP contribution is -2.42. The number of likely N-dealkylation sites (tertiary alicyclic amines) is 1. The lowest BCUT2D eigenvalue weighted by Gasteiger charge is -2.32. The summed E-state index contributed by atoms with van der Waals surface area (Å²) >= 11 is 0. The zero-order valence-corrected chi connectivity index (χ0v) is 24.4. The number of hydrogen-bond acceptors (Lipinski definition) is 8. The van der Waals surface area contributed by atoms with Crippen molar-refractivity contribution in [3.8, 4) is 5.75 Å². The van der Waals surface area contributed by atoms with Gasteiger partial charge in [-0.2, -0.15) is 13.2 Å². The van der Waals surface area contributed by atoms with Gasteiger partial charge in [-0.3, -0.25) is 4.79 Å². The van der Waals surface area contributed by atoms with Crippen LogP contribution in [0, 0.1) is 11.8 Å². The third kappa shape index (κ3) is 8.62. The Balaban J connectivity index is 1.54. The molecule has 0 spiro atoms. The molecule has 1 aliphatic heterocycles. The molecule has 226 valence electrons. The maximum absolute atomic E-state index is 13.9. The molecule has 2 atom stereocenters. The van der Waals surface area contributed by atoms with Gasteiger partial charge >= 0.3 is 6.18 Å². The maximum Gasteiger partial charge on any atom is 0.419 e. The molecule has 0 amide bonds. The summed E-state index contributed by atoms with van der Waals surface area (Å²) in [5.41, 5.74) is -0.245. The number of carbonyl (C=O) groups is 1. The number of hydrogen-bond donors (Lipinski definition) is 2. The highest BCUT2D eigenvalue weighted by molar-refractivity contribution is 7.88. The first-order chi connectivity index (χ1) is 19.3. The quantitative estimate of drug-likeness (QED) is 0.375. The number of carbonyl (C=O) groups excluding carboxylic acids is 1. The Labute approximate surface area is 239 Å². The summed E-state index contributed by atoms with van der Waals surface area (Å²) in [5.74, 6) is 0.292. The summed E-state index contributed by atoms with van der Waals surface area (Å²) in [4.78, 5) is 23.3. The van der Waals surface area contributed by atoms with Crippen LogP contribution in [0.4, 0.5) is 24.8 Å². The number of halogens is 3. The van der Waals surface area contributed by atoms with Crippen molar-refractivity contribution in [2.24, 2.45) is 11.8 Å². The molecular formula is C28H38F3N5O4S. The van der Waals surface area contributed by atoms with Crippen LogP contribution in [0.2, 0.25) is 0 Å². The monoisotopic (exact) mass is 597 g/mol. The predicted octanol–water partition coefficient (Wildman–Crippen LogP) is 4.81. The number of sulfonamides is 1. The lowest BCUT2D eigenvalue weighted by molar-refractivity contribution is -0.138. The van der Waals surface area contributed by atoms with E-state index in [1.807, 2.05) is 0 Å². The van der Waals surface area contributed by atoms with Gasteiger partial charge in [-0.25, -0.2) is 23.1 Å². The van der Waals surface area contributed by atoms with Crippen molar-refractivity contribution < 1.29 is 31.1 Å². The minimum absolute atomic E-state index is 0.0159. The minimum Gasteiger partial charge on any atom is -0.495 e. The van der Waals surface area contributed by atoms with E-state index in [9.17, 15) is 26.4 Å². The summed E-state index contributed by atoms with van der Waals surface area (Å²) in [6.45, 7) is 1.93. The van der Waals surface area contributed by atoms with Crippen molar-refractivity contribution in [1.82, 2.24) is 19.6 Å². The summed E-state index contributed by atoms with van der Waals surface area (Å²) in [6, 6.07) is 4.45. The third-order valence-electron chi connectivity index (χ3n) is 7.99. The molecule has 13 heteroatoms. The Morgan fingerprint density at radius 3 is 2.51 bits per heavy atom. The SMILES string of the molecule is COc1cc(C(=O)CC2CCN(C)CC2)ccc1Nc1ncc(C(F)(F)F)c(C[C@@H]2CCCC[C@H]2NS(C)(=O)=O)n1. The molecule has 2 fully saturated rings. The highest BCUT2D eigenvalue weighted by Crippen LogP contribution is 2.36. The van der Waals surface area contributed by atoms with Crippen molar-refractivity contribution in [2.45, 2.75) is 63.6 Å². The van der Waals surface area contributed by atoms with Gasteiger partial charge in [0, 0.05) is 24.2 Å². The van der Waals surface area contributed by atoms with E-state index in [-0.39, 0.29) is 29.8 Å². The molecule has 1 aromatic carbocycles. The molecule has 2 aliphatic rings. The van der Waals surface area contributed by atoms with Crippen LogP contribution in [0.1, 0.15) is 66.6 Å². The standard InChI is InChI=1S/C28H38F3N5O4S/c1-36-12-10-18(11-13-36)14-25(37)20-8-9-23(26(16-20)40-2)33-27-32-17-21(28(29,30)31)24(34-27)15-19-6-4-5-7-22(19)35-41(3,38)39/h8-9,16-19,22,35H,4-7,10-15H2,1-3H3,(H,32,33,34)/t19-,22+/m0/s1. The number of piperidine rings is 1. The topological polar surface area (TPSA) is 114 Å². The number of benzene rings is 1. The Morgan fingerprint density at radius 2 is 1.85 bits per heavy atom. The van der Waals surface area contributed by atoms with Gasteiger partial charge in [-0.1, -0.05) is 12.8 Å². The molecule has 0 unspecified atom stereocenters. The fourth-order valence-electron chi connectivity index (χ4n) is 5.73. The van der Waals surface area contributed by atoms with Gasteiger partial charge < -0.3 is 15.0 Å². The molecule has 1 saturated heterocycles. The normalized spacial score (nSPS) is 21.0. The first-order valence-corrected chi connectivity index (χ1v) is 15.8. The molecule has 0 radical (unpaired) electrons. The van der Waals surface area contributed by atoms with Gasteiger partial charge in [0.2, 0.25) is 16.0 Å². The van der Waals surface area contributed by atoms with E-state index in [0.29, 0.717) is 42.2 Å². The molecule has 4 rings (SSSR count). The van der Waals surface area contributed by atoms with Crippen LogP contribution in [0.3, 0.4) is 0 Å². The fourth-order valence-corrected chi connectivity index (χ4v) is 6.60. The maximum atomic E-state index is 13.9. The van der Waals surface area contributed by atoms with Crippen molar-refractivity contribution in [2.75, 3.05) is 38.8 Å². The van der Waals surface area contributed by atoms with Gasteiger partial charge in [0.05, 0.1) is 30.3 Å². The van der Waals surface area contributed by atoms with E-state index in [4.69, 9.17) is 4.74 Å². The molecule has 2 aromatic rings. The zero-order chi connectivity index (χ0) is 29.8. The summed E-state index contributed by atoms with van der Waals surface area (Å²) < 4.78 is 73.4. The second-order valence-corrected chi connectivity index (χ2v) is 13.0. The number of aromatic nitrogens is 2. The molecule has 41 heavy (non-hydrogen) atoms. The Morgan fingerprint density at radius 1 is 1.15 bits per heavy atom. The lowest BCUT2D eigenvalue weighted by atomic mass is 9.81. The van der Waals surface area contributed by atoms with Crippen molar-refractivity contribution >= 4 is 27.4 Å². The summed E-state index contributed by atoms with van der Waals surface area (Å²) in [5, 5.41) is 2.94. The van der Waals surface area contributed by atoms with Crippen LogP contribution in [0.25, 0.3) is 0 Å². The second kappa shape index (κ2) is 13.0. The highest BCUT2D eigenvalue weighted by atomic mass is 32.2. The summed E-state index contributed by atoms with van der Waals surface area (Å²) in [6.07, 6.45) is 2.19. The van der Waals surface area contributed by atoms with Crippen LogP contribution in [0.5, 0.6) is 5.75 Å². The van der Waals surface area contributed by atoms with E-state index in [1.165, 1.54) is 7.11 Å². The molecule has 1 aromatic heterocycles. The fraction of sp³-hybridized carbons (Fsp3) is 0.607. The number of ether oxygens (including phenoxy) is 1. The molecule has 1 aliphatic carbocycles. The number of nitrogens with zero attached hydrogens (tertiary/aromatic N) is 3. The second-order valence-electron chi connectivity index (χ2n) is 11.2. The molecule has 0 bridgehead atoms. The van der Waals surface area contributed by atoms with Crippen LogP contribution >= 0.6 is 0 Å². The first kappa shape index (κ1) is 31.2. The zero-order valence-electron chi connectivity index (χ0n) is 23.6. The molecular weight excluding hydrogens is 559 g/mol. The molecule has 2 N–H and O–H groups in total. The van der Waals surface area contributed by atoms with E-state index in [2.05, 4.69) is 32.0 Å². The number of methoxy groups -OCH3 is 1. The van der Waals surface area contributed by atoms with E-state index >= 15 is 0 Å². The molecule has 9 nitrogen and oxygen atoms in total. The van der Waals surface area contributed by atoms with E-state index < -0.39 is 27.8 Å². The molecule has 2 heterocycles. The third-order valence-corrected chi connectivity index (χ3v) is 8.72. The minimum atomic E-state index is -4.67. The van der Waals surface area contributed by atoms with Crippen LogP contribution in [0.15, 0.2) is 24.4 Å². The number of ketones is 1. The van der Waals surface area contributed by atoms with E-state index in [0.717, 1.165) is 51.2 Å². The average Bonchev–Trinajstić information content (AvgIpc) is 2.90. The predicted molar refractivity (Wildman–Crippen MR) is 150 cm³/mol. The molecule has 1 saturated carbocycles. The first-order valence-electron chi connectivity index (χ1n) is 13.9. The summed E-state index contributed by atoms with van der Waals surface area (Å²) in [7, 11) is -0.00412. The van der Waals surface area contributed by atoms with Gasteiger partial charge in [0.1, 0.15) is 5.75 Å². The van der Waals surface area contributed by atoms with Crippen molar-refractivity contribution in [1.29, 1.82) is 0 Å². The number of Topliss-reactive ketones (excluding diaryl/α,β-unsaturated/α-hetero) is 1. The average molecular weight is 598 g/mol. The van der Waals surface area contributed by atoms with Crippen molar-refractivity contribution in [3.63, 3.8) is 0 Å². The van der Waals surface area contributed by atoms with Gasteiger partial charge in [0.25, 0.3) is 0 Å². The van der Waals surface area contributed by atoms with Crippen LogP contribution in [-0.4, -0.2) is 68.6 Å². The highest BCUT2D eigenvalue weighted by Gasteiger charge is 2.37.